The summed E-state index contributed by atoms with van der Waals surface area (Å²) >= 11 is 0. The lowest BCUT2D eigenvalue weighted by molar-refractivity contribution is -0.138. The topological polar surface area (TPSA) is 104 Å². The molecule has 1 unspecified atom stereocenters. The number of carboxylic acid groups (broad SMARTS) is 1. The van der Waals surface area contributed by atoms with Gasteiger partial charge in [-0.25, -0.2) is 0 Å². The summed E-state index contributed by atoms with van der Waals surface area (Å²) in [4.78, 5) is 10.3. The molecule has 76 valence electrons. The molecular weight excluding hydrogens is 173 g/mol. The van der Waals surface area contributed by atoms with Crippen LogP contribution in [0.2, 0.25) is 6.32 Å². The van der Waals surface area contributed by atoms with Gasteiger partial charge in [0.15, 0.2) is 0 Å². The fourth-order valence-electron chi connectivity index (χ4n) is 0.991. The summed E-state index contributed by atoms with van der Waals surface area (Å²) in [5.74, 6) is -0.984. The van der Waals surface area contributed by atoms with Gasteiger partial charge in [0.25, 0.3) is 0 Å². The normalized spacial score (nSPS) is 12.5. The summed E-state index contributed by atoms with van der Waals surface area (Å²) < 4.78 is 0. The van der Waals surface area contributed by atoms with Gasteiger partial charge in [0.2, 0.25) is 0 Å². The van der Waals surface area contributed by atoms with Gasteiger partial charge < -0.3 is 20.9 Å². The van der Waals surface area contributed by atoms with Gasteiger partial charge in [0.1, 0.15) is 6.04 Å². The van der Waals surface area contributed by atoms with Gasteiger partial charge >= 0.3 is 13.1 Å². The second-order valence-electron chi connectivity index (χ2n) is 3.06. The maximum absolute atomic E-state index is 10.3. The van der Waals surface area contributed by atoms with E-state index in [-0.39, 0.29) is 0 Å². The number of nitrogens with two attached hydrogens (primary N) is 1. The summed E-state index contributed by atoms with van der Waals surface area (Å²) in [5.41, 5.74) is 5.26. The smallest absolute Gasteiger partial charge is 0.451 e. The Hall–Kier alpha value is -0.585. The van der Waals surface area contributed by atoms with Crippen LogP contribution in [0.3, 0.4) is 0 Å². The Balaban J connectivity index is 3.21. The van der Waals surface area contributed by atoms with Crippen LogP contribution in [0.1, 0.15) is 25.7 Å². The highest BCUT2D eigenvalue weighted by molar-refractivity contribution is 6.40. The van der Waals surface area contributed by atoms with E-state index in [1.165, 1.54) is 0 Å². The number of rotatable bonds is 7. The second-order valence-corrected chi connectivity index (χ2v) is 3.06. The molecule has 1 atom stereocenters. The summed E-state index contributed by atoms with van der Waals surface area (Å²) in [6.45, 7) is 0. The predicted octanol–water partition coefficient (Wildman–Crippen LogP) is -0.569. The first-order valence-corrected chi connectivity index (χ1v) is 4.38. The SMILES string of the molecule is NC(CCCCCB(O)O)C(=O)O. The lowest BCUT2D eigenvalue weighted by Gasteiger charge is -2.05. The molecule has 0 aliphatic carbocycles. The third-order valence-corrected chi connectivity index (χ3v) is 1.79. The molecule has 5 N–H and O–H groups in total. The maximum atomic E-state index is 10.3. The zero-order valence-electron chi connectivity index (χ0n) is 7.52. The van der Waals surface area contributed by atoms with Crippen molar-refractivity contribution in [3.63, 3.8) is 0 Å². The highest BCUT2D eigenvalue weighted by Gasteiger charge is 2.10. The zero-order chi connectivity index (χ0) is 10.3. The van der Waals surface area contributed by atoms with Crippen molar-refractivity contribution in [1.29, 1.82) is 0 Å². The molecule has 0 aromatic heterocycles. The highest BCUT2D eigenvalue weighted by Crippen LogP contribution is 2.05. The molecule has 5 nitrogen and oxygen atoms in total. The molecule has 0 radical (unpaired) electrons. The summed E-state index contributed by atoms with van der Waals surface area (Å²) in [5, 5.41) is 25.4. The first-order valence-electron chi connectivity index (χ1n) is 4.38. The lowest BCUT2D eigenvalue weighted by Crippen LogP contribution is -2.29. The number of hydrogen-bond donors (Lipinski definition) is 4. The Morgan fingerprint density at radius 1 is 1.31 bits per heavy atom. The average molecular weight is 189 g/mol. The van der Waals surface area contributed by atoms with Gasteiger partial charge in [0, 0.05) is 0 Å². The summed E-state index contributed by atoms with van der Waals surface area (Å²) in [7, 11) is -1.26. The Morgan fingerprint density at radius 2 is 1.92 bits per heavy atom. The number of hydrogen-bond acceptors (Lipinski definition) is 4. The molecule has 0 rings (SSSR count). The van der Waals surface area contributed by atoms with Gasteiger partial charge in [-0.05, 0) is 12.7 Å². The molecule has 13 heavy (non-hydrogen) atoms. The summed E-state index contributed by atoms with van der Waals surface area (Å²) in [6, 6.07) is -0.793. The van der Waals surface area contributed by atoms with Crippen molar-refractivity contribution in [2.24, 2.45) is 5.73 Å². The highest BCUT2D eigenvalue weighted by atomic mass is 16.4. The van der Waals surface area contributed by atoms with E-state index in [4.69, 9.17) is 20.9 Å². The second kappa shape index (κ2) is 6.88. The van der Waals surface area contributed by atoms with Gasteiger partial charge in [-0.2, -0.15) is 0 Å². The van der Waals surface area contributed by atoms with Gasteiger partial charge in [-0.3, -0.25) is 4.79 Å². The van der Waals surface area contributed by atoms with Crippen molar-refractivity contribution in [3.05, 3.63) is 0 Å². The molecule has 0 bridgehead atoms. The molecule has 0 amide bonds. The standard InChI is InChI=1S/C7H16BNO4/c9-6(7(10)11)4-2-1-3-5-8(12)13/h6,12-13H,1-5,9H2,(H,10,11). The fourth-order valence-corrected chi connectivity index (χ4v) is 0.991. The molecular formula is C7H16BNO4. The lowest BCUT2D eigenvalue weighted by atomic mass is 9.83. The van der Waals surface area contributed by atoms with Crippen LogP contribution in [0.25, 0.3) is 0 Å². The first kappa shape index (κ1) is 12.4. The van der Waals surface area contributed by atoms with E-state index in [0.29, 0.717) is 25.6 Å². The van der Waals surface area contributed by atoms with Crippen LogP contribution >= 0.6 is 0 Å². The predicted molar refractivity (Wildman–Crippen MR) is 49.1 cm³/mol. The largest absolute Gasteiger partial charge is 0.480 e. The van der Waals surface area contributed by atoms with E-state index >= 15 is 0 Å². The van der Waals surface area contributed by atoms with E-state index in [1.807, 2.05) is 0 Å². The molecule has 0 aromatic rings. The Bertz CT molecular complexity index is 153. The molecule has 0 fully saturated rings. The van der Waals surface area contributed by atoms with Crippen LogP contribution in [-0.2, 0) is 4.79 Å². The number of carboxylic acids is 1. The third-order valence-electron chi connectivity index (χ3n) is 1.79. The molecule has 0 saturated heterocycles. The quantitative estimate of drug-likeness (QED) is 0.317. The van der Waals surface area contributed by atoms with E-state index in [9.17, 15) is 4.79 Å². The minimum atomic E-state index is -1.26. The number of carbonyl (C=O) groups is 1. The van der Waals surface area contributed by atoms with Crippen LogP contribution in [0, 0.1) is 0 Å². The molecule has 0 aromatic carbocycles. The van der Waals surface area contributed by atoms with Crippen molar-refractivity contribution < 1.29 is 19.9 Å². The van der Waals surface area contributed by atoms with Gasteiger partial charge in [-0.15, -0.1) is 0 Å². The van der Waals surface area contributed by atoms with Crippen LogP contribution in [-0.4, -0.2) is 34.3 Å². The van der Waals surface area contributed by atoms with Crippen LogP contribution in [0.4, 0.5) is 0 Å². The van der Waals surface area contributed by atoms with Crippen molar-refractivity contribution in [2.75, 3.05) is 0 Å². The third kappa shape index (κ3) is 7.77. The van der Waals surface area contributed by atoms with Crippen molar-refractivity contribution in [1.82, 2.24) is 0 Å². The molecule has 0 aliphatic heterocycles. The summed E-state index contributed by atoms with van der Waals surface area (Å²) in [6.07, 6.45) is 2.95. The van der Waals surface area contributed by atoms with Crippen molar-refractivity contribution in [3.8, 4) is 0 Å². The van der Waals surface area contributed by atoms with Crippen LogP contribution in [0.15, 0.2) is 0 Å². The number of unbranched alkanes of at least 4 members (excludes halogenated alkanes) is 2. The minimum Gasteiger partial charge on any atom is -0.480 e. The fraction of sp³-hybridized carbons (Fsp3) is 0.857. The molecule has 6 heteroatoms. The monoisotopic (exact) mass is 189 g/mol. The first-order chi connectivity index (χ1) is 6.04. The van der Waals surface area contributed by atoms with E-state index in [1.54, 1.807) is 0 Å². The van der Waals surface area contributed by atoms with E-state index < -0.39 is 19.1 Å². The Morgan fingerprint density at radius 3 is 2.38 bits per heavy atom. The molecule has 0 spiro atoms. The van der Waals surface area contributed by atoms with Crippen molar-refractivity contribution >= 4 is 13.1 Å². The Kier molecular flexibility index (Phi) is 6.57. The van der Waals surface area contributed by atoms with Crippen LogP contribution < -0.4 is 5.73 Å². The maximum Gasteiger partial charge on any atom is 0.451 e. The minimum absolute atomic E-state index is 0.336. The molecule has 0 heterocycles. The van der Waals surface area contributed by atoms with Crippen molar-refractivity contribution in [2.45, 2.75) is 38.0 Å². The average Bonchev–Trinajstić information content (AvgIpc) is 2.02. The van der Waals surface area contributed by atoms with Gasteiger partial charge in [0.05, 0.1) is 0 Å². The molecule has 0 saturated carbocycles. The van der Waals surface area contributed by atoms with E-state index in [0.717, 1.165) is 6.42 Å². The number of aliphatic carboxylic acids is 1. The van der Waals surface area contributed by atoms with E-state index in [2.05, 4.69) is 0 Å². The van der Waals surface area contributed by atoms with Crippen LogP contribution in [0.5, 0.6) is 0 Å². The zero-order valence-corrected chi connectivity index (χ0v) is 7.52. The molecule has 0 aliphatic rings. The Labute approximate surface area is 77.7 Å². The van der Waals surface area contributed by atoms with Gasteiger partial charge in [-0.1, -0.05) is 19.3 Å².